The van der Waals surface area contributed by atoms with Crippen LogP contribution in [0.4, 0.5) is 0 Å². The minimum Gasteiger partial charge on any atom is -0.470 e. The Morgan fingerprint density at radius 2 is 2.00 bits per heavy atom. The molecule has 1 N–H and O–H groups in total. The van der Waals surface area contributed by atoms with Crippen LogP contribution in [0.5, 0.6) is 0 Å². The van der Waals surface area contributed by atoms with E-state index in [0.29, 0.717) is 6.61 Å². The van der Waals surface area contributed by atoms with E-state index >= 15 is 0 Å². The molecule has 0 spiro atoms. The molecule has 3 aliphatic heterocycles. The molecule has 0 aromatic rings. The minimum absolute atomic E-state index is 0.0764. The van der Waals surface area contributed by atoms with Crippen LogP contribution in [0.3, 0.4) is 0 Å². The Labute approximate surface area is 177 Å². The Morgan fingerprint density at radius 1 is 1.17 bits per heavy atom. The molecule has 164 valence electrons. The van der Waals surface area contributed by atoms with Gasteiger partial charge in [-0.3, -0.25) is 4.90 Å². The first-order valence-electron chi connectivity index (χ1n) is 11.8. The first kappa shape index (κ1) is 22.2. The molecular weight excluding hydrogens is 362 g/mol. The molecule has 0 aromatic carbocycles. The first-order chi connectivity index (χ1) is 14.1. The lowest BCUT2D eigenvalue weighted by Crippen LogP contribution is -2.45. The smallest absolute Gasteiger partial charge is 0.232 e. The number of hydrogen-bond acceptors (Lipinski definition) is 5. The second-order valence-corrected chi connectivity index (χ2v) is 9.19. The predicted molar refractivity (Wildman–Crippen MR) is 120 cm³/mol. The van der Waals surface area contributed by atoms with Gasteiger partial charge in [-0.1, -0.05) is 56.3 Å². The van der Waals surface area contributed by atoms with Gasteiger partial charge in [-0.05, 0) is 63.9 Å². The van der Waals surface area contributed by atoms with E-state index in [-0.39, 0.29) is 11.5 Å². The number of ether oxygens (including phenoxy) is 1. The van der Waals surface area contributed by atoms with Crippen LogP contribution in [0.15, 0.2) is 28.6 Å². The predicted octanol–water partition coefficient (Wildman–Crippen LogP) is 5.00. The first-order valence-corrected chi connectivity index (χ1v) is 11.8. The maximum absolute atomic E-state index is 6.59. The van der Waals surface area contributed by atoms with E-state index in [1.807, 2.05) is 0 Å². The molecule has 0 saturated carbocycles. The number of rotatable bonds is 10. The lowest BCUT2D eigenvalue weighted by Gasteiger charge is -2.39. The normalized spacial score (nSPS) is 24.9. The van der Waals surface area contributed by atoms with E-state index in [1.54, 1.807) is 0 Å². The van der Waals surface area contributed by atoms with Gasteiger partial charge in [0, 0.05) is 13.1 Å². The maximum Gasteiger partial charge on any atom is 0.232 e. The summed E-state index contributed by atoms with van der Waals surface area (Å²) in [6.07, 6.45) is 15.2. The Kier molecular flexibility index (Phi) is 8.46. The lowest BCUT2D eigenvalue weighted by molar-refractivity contribution is -0.0234. The van der Waals surface area contributed by atoms with Crippen molar-refractivity contribution in [3.8, 4) is 0 Å². The second-order valence-electron chi connectivity index (χ2n) is 9.19. The molecule has 3 aliphatic rings. The molecule has 5 nitrogen and oxygen atoms in total. The van der Waals surface area contributed by atoms with Crippen LogP contribution >= 0.6 is 0 Å². The summed E-state index contributed by atoms with van der Waals surface area (Å²) in [6.45, 7) is 11.6. The SMILES string of the molecule is CCCCC(CCC)(CC1=CNCC(C)=C1)C1=NOCC(CN2CCCCC2)O1. The number of likely N-dealkylation sites (tertiary alicyclic amines) is 1. The summed E-state index contributed by atoms with van der Waals surface area (Å²) < 4.78 is 6.59. The van der Waals surface area contributed by atoms with Crippen molar-refractivity contribution in [3.63, 3.8) is 0 Å². The fourth-order valence-corrected chi connectivity index (χ4v) is 4.96. The highest BCUT2D eigenvalue weighted by Crippen LogP contribution is 2.41. The zero-order chi connectivity index (χ0) is 20.5. The van der Waals surface area contributed by atoms with Gasteiger partial charge in [0.1, 0.15) is 6.10 Å². The molecule has 0 radical (unpaired) electrons. The van der Waals surface area contributed by atoms with E-state index in [1.165, 1.54) is 56.3 Å². The number of allylic oxidation sites excluding steroid dienone is 2. The topological polar surface area (TPSA) is 46.1 Å². The lowest BCUT2D eigenvalue weighted by atomic mass is 9.73. The zero-order valence-electron chi connectivity index (χ0n) is 18.8. The van der Waals surface area contributed by atoms with Gasteiger partial charge in [0.25, 0.3) is 0 Å². The van der Waals surface area contributed by atoms with Gasteiger partial charge >= 0.3 is 0 Å². The number of piperidine rings is 1. The molecule has 0 aromatic heterocycles. The number of dihydropyridines is 1. The third-order valence-electron chi connectivity index (χ3n) is 6.43. The molecule has 0 aliphatic carbocycles. The molecule has 2 atom stereocenters. The van der Waals surface area contributed by atoms with Crippen molar-refractivity contribution < 1.29 is 9.57 Å². The van der Waals surface area contributed by atoms with Crippen molar-refractivity contribution in [1.29, 1.82) is 0 Å². The van der Waals surface area contributed by atoms with Crippen molar-refractivity contribution in [2.45, 2.75) is 84.7 Å². The third-order valence-corrected chi connectivity index (χ3v) is 6.43. The van der Waals surface area contributed by atoms with Gasteiger partial charge in [-0.2, -0.15) is 0 Å². The van der Waals surface area contributed by atoms with E-state index in [0.717, 1.165) is 44.7 Å². The van der Waals surface area contributed by atoms with Crippen LogP contribution in [0.1, 0.15) is 78.6 Å². The fourth-order valence-electron chi connectivity index (χ4n) is 4.96. The van der Waals surface area contributed by atoms with Crippen LogP contribution < -0.4 is 5.32 Å². The Morgan fingerprint density at radius 3 is 2.72 bits per heavy atom. The van der Waals surface area contributed by atoms with Gasteiger partial charge in [0.2, 0.25) is 5.90 Å². The fraction of sp³-hybridized carbons (Fsp3) is 0.792. The van der Waals surface area contributed by atoms with Crippen LogP contribution in [-0.2, 0) is 9.57 Å². The molecule has 3 heterocycles. The highest BCUT2D eigenvalue weighted by atomic mass is 16.7. The average molecular weight is 404 g/mol. The number of nitrogens with zero attached hydrogens (tertiary/aromatic N) is 2. The number of hydrogen-bond donors (Lipinski definition) is 1. The summed E-state index contributed by atoms with van der Waals surface area (Å²) in [5.74, 6) is 0.846. The van der Waals surface area contributed by atoms with Crippen molar-refractivity contribution in [1.82, 2.24) is 10.2 Å². The van der Waals surface area contributed by atoms with Crippen molar-refractivity contribution in [3.05, 3.63) is 23.4 Å². The van der Waals surface area contributed by atoms with Crippen molar-refractivity contribution >= 4 is 5.90 Å². The molecule has 29 heavy (non-hydrogen) atoms. The monoisotopic (exact) mass is 403 g/mol. The highest BCUT2D eigenvalue weighted by Gasteiger charge is 2.41. The average Bonchev–Trinajstić information content (AvgIpc) is 2.73. The second kappa shape index (κ2) is 11.1. The maximum atomic E-state index is 6.59. The van der Waals surface area contributed by atoms with Gasteiger partial charge < -0.3 is 14.9 Å². The van der Waals surface area contributed by atoms with Gasteiger partial charge in [0.05, 0.1) is 5.41 Å². The molecule has 0 amide bonds. The van der Waals surface area contributed by atoms with E-state index in [9.17, 15) is 0 Å². The summed E-state index contributed by atoms with van der Waals surface area (Å²) in [7, 11) is 0. The Bertz CT molecular complexity index is 607. The Hall–Kier alpha value is -1.49. The van der Waals surface area contributed by atoms with Crippen LogP contribution in [0, 0.1) is 5.41 Å². The standard InChI is InChI=1S/C24H41N3O2/c1-4-6-11-24(10-5-2,15-21-14-20(3)16-25-17-21)23-26-28-19-22(29-23)18-27-12-8-7-9-13-27/h14,17,22,25H,4-13,15-16,18-19H2,1-3H3. The number of oxime groups is 1. The molecule has 5 heteroatoms. The Balaban J connectivity index is 1.76. The van der Waals surface area contributed by atoms with E-state index < -0.39 is 0 Å². The molecule has 2 unspecified atom stereocenters. The summed E-state index contributed by atoms with van der Waals surface area (Å²) in [5.41, 5.74) is 2.66. The molecule has 1 saturated heterocycles. The quantitative estimate of drug-likeness (QED) is 0.557. The van der Waals surface area contributed by atoms with Crippen LogP contribution in [0.2, 0.25) is 0 Å². The van der Waals surface area contributed by atoms with Crippen molar-refractivity contribution in [2.75, 3.05) is 32.8 Å². The van der Waals surface area contributed by atoms with Gasteiger partial charge in [-0.15, -0.1) is 0 Å². The zero-order valence-corrected chi connectivity index (χ0v) is 18.8. The molecular formula is C24H41N3O2. The highest BCUT2D eigenvalue weighted by molar-refractivity contribution is 5.83. The minimum atomic E-state index is -0.0764. The largest absolute Gasteiger partial charge is 0.470 e. The molecule has 3 rings (SSSR count). The van der Waals surface area contributed by atoms with Gasteiger partial charge in [-0.25, -0.2) is 0 Å². The van der Waals surface area contributed by atoms with E-state index in [4.69, 9.17) is 9.57 Å². The third kappa shape index (κ3) is 6.24. The number of nitrogens with one attached hydrogen (secondary N) is 1. The van der Waals surface area contributed by atoms with Crippen LogP contribution in [0.25, 0.3) is 0 Å². The number of unbranched alkanes of at least 4 members (excludes halogenated alkanes) is 1. The van der Waals surface area contributed by atoms with Gasteiger partial charge in [0.15, 0.2) is 6.61 Å². The van der Waals surface area contributed by atoms with E-state index in [2.05, 4.69) is 48.4 Å². The van der Waals surface area contributed by atoms with Crippen LogP contribution in [-0.4, -0.2) is 49.7 Å². The summed E-state index contributed by atoms with van der Waals surface area (Å²) in [6, 6.07) is 0. The van der Waals surface area contributed by atoms with Crippen molar-refractivity contribution in [2.24, 2.45) is 10.6 Å². The summed E-state index contributed by atoms with van der Waals surface area (Å²) in [5, 5.41) is 7.93. The molecule has 0 bridgehead atoms. The summed E-state index contributed by atoms with van der Waals surface area (Å²) >= 11 is 0. The molecule has 1 fully saturated rings. The summed E-state index contributed by atoms with van der Waals surface area (Å²) in [4.78, 5) is 8.30.